The van der Waals surface area contributed by atoms with Crippen molar-refractivity contribution in [2.24, 2.45) is 0 Å². The van der Waals surface area contributed by atoms with Crippen molar-refractivity contribution in [3.8, 4) is 0 Å². The fourth-order valence-corrected chi connectivity index (χ4v) is 2.19. The predicted molar refractivity (Wildman–Crippen MR) is 79.9 cm³/mol. The molecule has 2 rings (SSSR count). The van der Waals surface area contributed by atoms with Crippen LogP contribution in [0.2, 0.25) is 0 Å². The van der Waals surface area contributed by atoms with Crippen LogP contribution in [-0.2, 0) is 9.53 Å². The molecule has 2 unspecified atom stereocenters. The van der Waals surface area contributed by atoms with E-state index in [-0.39, 0.29) is 30.4 Å². The number of hydrogen-bond acceptors (Lipinski definition) is 4. The van der Waals surface area contributed by atoms with E-state index in [0.717, 1.165) is 18.7 Å². The van der Waals surface area contributed by atoms with Crippen LogP contribution >= 0.6 is 12.4 Å². The van der Waals surface area contributed by atoms with Gasteiger partial charge in [-0.15, -0.1) is 12.4 Å². The molecule has 0 aliphatic carbocycles. The summed E-state index contributed by atoms with van der Waals surface area (Å²) in [6.07, 6.45) is 3.98. The lowest BCUT2D eigenvalue weighted by molar-refractivity contribution is -0.133. The number of halogens is 1. The van der Waals surface area contributed by atoms with Crippen molar-refractivity contribution in [1.29, 1.82) is 0 Å². The molecule has 0 spiro atoms. The molecular weight excluding hydrogens is 278 g/mol. The largest absolute Gasteiger partial charge is 0.378 e. The highest BCUT2D eigenvalue weighted by Gasteiger charge is 2.22. The van der Waals surface area contributed by atoms with Crippen LogP contribution in [0, 0.1) is 0 Å². The van der Waals surface area contributed by atoms with Crippen molar-refractivity contribution in [1.82, 2.24) is 15.2 Å². The van der Waals surface area contributed by atoms with Crippen LogP contribution in [-0.4, -0.2) is 48.6 Å². The number of carbonyl (C=O) groups excluding carboxylic acids is 1. The molecule has 0 radical (unpaired) electrons. The Kier molecular flexibility index (Phi) is 6.91. The van der Waals surface area contributed by atoms with Gasteiger partial charge in [-0.05, 0) is 24.6 Å². The number of hydrogen-bond donors (Lipinski definition) is 1. The number of amides is 1. The summed E-state index contributed by atoms with van der Waals surface area (Å²) in [5.41, 5.74) is 1.10. The molecule has 0 bridgehead atoms. The van der Waals surface area contributed by atoms with E-state index in [2.05, 4.69) is 10.3 Å². The first-order valence-corrected chi connectivity index (χ1v) is 6.65. The average molecular weight is 300 g/mol. The third kappa shape index (κ3) is 4.44. The molecule has 1 fully saturated rings. The SMILES string of the molecule is CC(c1ccncc1)N(C)C(=O)CC1COCCN1.Cl. The highest BCUT2D eigenvalue weighted by atomic mass is 35.5. The van der Waals surface area contributed by atoms with Gasteiger partial charge in [-0.3, -0.25) is 9.78 Å². The molecule has 1 N–H and O–H groups in total. The highest BCUT2D eigenvalue weighted by Crippen LogP contribution is 2.18. The van der Waals surface area contributed by atoms with E-state index >= 15 is 0 Å². The molecule has 112 valence electrons. The predicted octanol–water partition coefficient (Wildman–Crippen LogP) is 1.40. The first-order valence-electron chi connectivity index (χ1n) is 6.65. The van der Waals surface area contributed by atoms with Gasteiger partial charge < -0.3 is 15.0 Å². The minimum atomic E-state index is 0. The maximum absolute atomic E-state index is 12.2. The number of rotatable bonds is 4. The van der Waals surface area contributed by atoms with Gasteiger partial charge in [0.1, 0.15) is 0 Å². The molecule has 1 aromatic rings. The van der Waals surface area contributed by atoms with E-state index in [1.807, 2.05) is 26.1 Å². The van der Waals surface area contributed by atoms with Crippen LogP contribution in [0.15, 0.2) is 24.5 Å². The Labute approximate surface area is 126 Å². The number of morpholine rings is 1. The molecular formula is C14H22ClN3O2. The lowest BCUT2D eigenvalue weighted by atomic mass is 10.1. The molecule has 6 heteroatoms. The van der Waals surface area contributed by atoms with Crippen LogP contribution in [0.25, 0.3) is 0 Å². The van der Waals surface area contributed by atoms with Gasteiger partial charge in [0.25, 0.3) is 0 Å². The lowest BCUT2D eigenvalue weighted by Gasteiger charge is -2.29. The standard InChI is InChI=1S/C14H21N3O2.ClH/c1-11(12-3-5-15-6-4-12)17(2)14(18)9-13-10-19-8-7-16-13;/h3-6,11,13,16H,7-10H2,1-2H3;1H. The van der Waals surface area contributed by atoms with Crippen molar-refractivity contribution in [3.63, 3.8) is 0 Å². The summed E-state index contributed by atoms with van der Waals surface area (Å²) in [4.78, 5) is 18.0. The summed E-state index contributed by atoms with van der Waals surface area (Å²) < 4.78 is 5.37. The topological polar surface area (TPSA) is 54.5 Å². The number of ether oxygens (including phenoxy) is 1. The van der Waals surface area contributed by atoms with Crippen molar-refractivity contribution in [2.75, 3.05) is 26.8 Å². The zero-order chi connectivity index (χ0) is 13.7. The Morgan fingerprint density at radius 2 is 2.25 bits per heavy atom. The molecule has 1 aromatic heterocycles. The second kappa shape index (κ2) is 8.19. The maximum Gasteiger partial charge on any atom is 0.224 e. The first-order chi connectivity index (χ1) is 9.18. The van der Waals surface area contributed by atoms with Crippen LogP contribution in [0.1, 0.15) is 24.9 Å². The van der Waals surface area contributed by atoms with Crippen molar-refractivity contribution >= 4 is 18.3 Å². The molecule has 5 nitrogen and oxygen atoms in total. The highest BCUT2D eigenvalue weighted by molar-refractivity contribution is 5.85. The summed E-state index contributed by atoms with van der Waals surface area (Å²) in [5.74, 6) is 0.132. The minimum Gasteiger partial charge on any atom is -0.378 e. The van der Waals surface area contributed by atoms with Crippen LogP contribution in [0.5, 0.6) is 0 Å². The smallest absolute Gasteiger partial charge is 0.224 e. The van der Waals surface area contributed by atoms with Gasteiger partial charge in [-0.25, -0.2) is 0 Å². The molecule has 1 saturated heterocycles. The van der Waals surface area contributed by atoms with Gasteiger partial charge >= 0.3 is 0 Å². The van der Waals surface area contributed by atoms with Crippen molar-refractivity contribution < 1.29 is 9.53 Å². The Morgan fingerprint density at radius 1 is 1.55 bits per heavy atom. The quantitative estimate of drug-likeness (QED) is 0.913. The average Bonchev–Trinajstić information content (AvgIpc) is 2.47. The van der Waals surface area contributed by atoms with E-state index in [1.165, 1.54) is 0 Å². The van der Waals surface area contributed by atoms with Gasteiger partial charge in [0, 0.05) is 38.4 Å². The van der Waals surface area contributed by atoms with E-state index in [9.17, 15) is 4.79 Å². The molecule has 2 atom stereocenters. The van der Waals surface area contributed by atoms with E-state index < -0.39 is 0 Å². The Bertz CT molecular complexity index is 410. The molecule has 1 aliphatic heterocycles. The van der Waals surface area contributed by atoms with Crippen molar-refractivity contribution in [2.45, 2.75) is 25.4 Å². The summed E-state index contributed by atoms with van der Waals surface area (Å²) in [7, 11) is 1.84. The number of nitrogens with zero attached hydrogens (tertiary/aromatic N) is 2. The van der Waals surface area contributed by atoms with Gasteiger partial charge in [-0.2, -0.15) is 0 Å². The molecule has 1 aliphatic rings. The summed E-state index contributed by atoms with van der Waals surface area (Å²) in [6.45, 7) is 4.19. The fraction of sp³-hybridized carbons (Fsp3) is 0.571. The Hall–Kier alpha value is -1.17. The molecule has 1 amide bonds. The number of nitrogens with one attached hydrogen (secondary N) is 1. The third-order valence-corrected chi connectivity index (χ3v) is 3.58. The molecule has 0 aromatic carbocycles. The third-order valence-electron chi connectivity index (χ3n) is 3.58. The van der Waals surface area contributed by atoms with Gasteiger partial charge in [0.2, 0.25) is 5.91 Å². The van der Waals surface area contributed by atoms with Crippen molar-refractivity contribution in [3.05, 3.63) is 30.1 Å². The molecule has 0 saturated carbocycles. The fourth-order valence-electron chi connectivity index (χ4n) is 2.19. The zero-order valence-electron chi connectivity index (χ0n) is 11.9. The zero-order valence-corrected chi connectivity index (χ0v) is 12.7. The lowest BCUT2D eigenvalue weighted by Crippen LogP contribution is -2.44. The minimum absolute atomic E-state index is 0. The molecule has 20 heavy (non-hydrogen) atoms. The van der Waals surface area contributed by atoms with Gasteiger partial charge in [0.15, 0.2) is 0 Å². The van der Waals surface area contributed by atoms with Gasteiger partial charge in [0.05, 0.1) is 19.3 Å². The van der Waals surface area contributed by atoms with E-state index in [4.69, 9.17) is 4.74 Å². The van der Waals surface area contributed by atoms with Crippen LogP contribution < -0.4 is 5.32 Å². The Morgan fingerprint density at radius 3 is 2.85 bits per heavy atom. The van der Waals surface area contributed by atoms with E-state index in [0.29, 0.717) is 13.0 Å². The first kappa shape index (κ1) is 16.9. The second-order valence-electron chi connectivity index (χ2n) is 4.89. The van der Waals surface area contributed by atoms with Crippen LogP contribution in [0.4, 0.5) is 0 Å². The number of aromatic nitrogens is 1. The maximum atomic E-state index is 12.2. The summed E-state index contributed by atoms with van der Waals surface area (Å²) >= 11 is 0. The second-order valence-corrected chi connectivity index (χ2v) is 4.89. The monoisotopic (exact) mass is 299 g/mol. The summed E-state index contributed by atoms with van der Waals surface area (Å²) in [6, 6.07) is 4.07. The Balaban J connectivity index is 0.00000200. The van der Waals surface area contributed by atoms with E-state index in [1.54, 1.807) is 17.3 Å². The number of pyridine rings is 1. The van der Waals surface area contributed by atoms with Gasteiger partial charge in [-0.1, -0.05) is 0 Å². The number of carbonyl (C=O) groups is 1. The normalized spacial score (nSPS) is 19.8. The molecule has 2 heterocycles. The summed E-state index contributed by atoms with van der Waals surface area (Å²) in [5, 5.41) is 3.30. The van der Waals surface area contributed by atoms with Crippen LogP contribution in [0.3, 0.4) is 0 Å².